The molecule has 1 amide bonds. The number of anilines is 1. The second kappa shape index (κ2) is 8.56. The molecule has 2 aromatic carbocycles. The fraction of sp³-hybridized carbons (Fsp3) is 0.174. The molecule has 31 heavy (non-hydrogen) atoms. The van der Waals surface area contributed by atoms with Gasteiger partial charge in [-0.3, -0.25) is 14.2 Å². The molecule has 4 aromatic rings. The fourth-order valence-electron chi connectivity index (χ4n) is 3.59. The van der Waals surface area contributed by atoms with Crippen molar-refractivity contribution >= 4 is 44.9 Å². The highest BCUT2D eigenvalue weighted by Crippen LogP contribution is 2.20. The van der Waals surface area contributed by atoms with E-state index < -0.39 is 5.69 Å². The van der Waals surface area contributed by atoms with E-state index in [0.29, 0.717) is 21.6 Å². The minimum absolute atomic E-state index is 0.194. The van der Waals surface area contributed by atoms with Crippen LogP contribution in [0.3, 0.4) is 0 Å². The van der Waals surface area contributed by atoms with Crippen molar-refractivity contribution in [2.75, 3.05) is 11.6 Å². The van der Waals surface area contributed by atoms with Crippen molar-refractivity contribution in [1.82, 2.24) is 9.13 Å². The number of nitrogens with zero attached hydrogens (tertiary/aromatic N) is 2. The predicted molar refractivity (Wildman–Crippen MR) is 128 cm³/mol. The van der Waals surface area contributed by atoms with Crippen LogP contribution in [0.15, 0.2) is 68.4 Å². The summed E-state index contributed by atoms with van der Waals surface area (Å²) in [5, 5.41) is 4.60. The molecule has 0 atom stereocenters. The minimum atomic E-state index is -0.533. The van der Waals surface area contributed by atoms with Crippen molar-refractivity contribution in [1.29, 1.82) is 0 Å². The summed E-state index contributed by atoms with van der Waals surface area (Å²) in [6.07, 6.45) is 1.96. The Morgan fingerprint density at radius 1 is 1.06 bits per heavy atom. The van der Waals surface area contributed by atoms with E-state index in [1.54, 1.807) is 41.4 Å². The lowest BCUT2D eigenvalue weighted by molar-refractivity contribution is -0.116. The number of benzene rings is 2. The van der Waals surface area contributed by atoms with Gasteiger partial charge in [-0.05, 0) is 73.0 Å². The van der Waals surface area contributed by atoms with Gasteiger partial charge in [-0.1, -0.05) is 12.1 Å². The standard InChI is InChI=1S/C23H21N3O3S2/c1-14-9-15(2)11-17(10-14)26-22(28)21-19(7-8-31-21)25(23(26)29)13-20(27)24-16-5-4-6-18(12-16)30-3/h4-12H,13H2,1-3H3,(H,24,27). The average molecular weight is 452 g/mol. The Morgan fingerprint density at radius 2 is 1.81 bits per heavy atom. The molecule has 0 saturated carbocycles. The number of fused-ring (bicyclic) bond motifs is 1. The molecule has 0 fully saturated rings. The van der Waals surface area contributed by atoms with Gasteiger partial charge in [-0.15, -0.1) is 23.1 Å². The number of thiophene rings is 1. The van der Waals surface area contributed by atoms with Crippen LogP contribution in [0, 0.1) is 13.8 Å². The van der Waals surface area contributed by atoms with Gasteiger partial charge in [0.25, 0.3) is 5.56 Å². The molecule has 158 valence electrons. The van der Waals surface area contributed by atoms with Gasteiger partial charge in [0.1, 0.15) is 11.2 Å². The first kappa shape index (κ1) is 21.1. The van der Waals surface area contributed by atoms with Crippen LogP contribution in [-0.4, -0.2) is 21.3 Å². The number of hydrogen-bond donors (Lipinski definition) is 1. The zero-order valence-corrected chi connectivity index (χ0v) is 19.0. The van der Waals surface area contributed by atoms with Crippen LogP contribution in [0.4, 0.5) is 5.69 Å². The van der Waals surface area contributed by atoms with Gasteiger partial charge in [0.05, 0.1) is 11.2 Å². The number of aromatic nitrogens is 2. The van der Waals surface area contributed by atoms with Crippen molar-refractivity contribution in [3.63, 3.8) is 0 Å². The summed E-state index contributed by atoms with van der Waals surface area (Å²) in [7, 11) is 0. The Kier molecular flexibility index (Phi) is 5.84. The molecule has 0 unspecified atom stereocenters. The quantitative estimate of drug-likeness (QED) is 0.462. The van der Waals surface area contributed by atoms with E-state index in [0.717, 1.165) is 20.6 Å². The largest absolute Gasteiger partial charge is 0.336 e. The maximum atomic E-state index is 13.4. The van der Waals surface area contributed by atoms with Gasteiger partial charge in [0.15, 0.2) is 0 Å². The van der Waals surface area contributed by atoms with Crippen LogP contribution in [0.5, 0.6) is 0 Å². The number of aryl methyl sites for hydroxylation is 2. The minimum Gasteiger partial charge on any atom is -0.324 e. The van der Waals surface area contributed by atoms with E-state index in [1.807, 2.05) is 44.4 Å². The molecule has 0 aliphatic heterocycles. The van der Waals surface area contributed by atoms with Crippen LogP contribution in [0.1, 0.15) is 11.1 Å². The molecule has 6 nitrogen and oxygen atoms in total. The molecule has 0 spiro atoms. The summed E-state index contributed by atoms with van der Waals surface area (Å²) in [6, 6.07) is 14.8. The van der Waals surface area contributed by atoms with Crippen molar-refractivity contribution in [3.8, 4) is 5.69 Å². The van der Waals surface area contributed by atoms with Crippen molar-refractivity contribution in [2.45, 2.75) is 25.3 Å². The highest BCUT2D eigenvalue weighted by molar-refractivity contribution is 7.98. The fourth-order valence-corrected chi connectivity index (χ4v) is 4.88. The molecule has 0 radical (unpaired) electrons. The third-order valence-electron chi connectivity index (χ3n) is 4.87. The number of amides is 1. The van der Waals surface area contributed by atoms with Crippen LogP contribution in [0.2, 0.25) is 0 Å². The van der Waals surface area contributed by atoms with E-state index in [-0.39, 0.29) is 18.0 Å². The average Bonchev–Trinajstić information content (AvgIpc) is 3.21. The monoisotopic (exact) mass is 451 g/mol. The van der Waals surface area contributed by atoms with Crippen LogP contribution < -0.4 is 16.6 Å². The molecule has 2 heterocycles. The number of carbonyl (C=O) groups excluding carboxylic acids is 1. The lowest BCUT2D eigenvalue weighted by atomic mass is 10.1. The van der Waals surface area contributed by atoms with Crippen molar-refractivity contribution in [3.05, 3.63) is 85.9 Å². The molecular weight excluding hydrogens is 430 g/mol. The number of rotatable bonds is 5. The highest BCUT2D eigenvalue weighted by Gasteiger charge is 2.18. The van der Waals surface area contributed by atoms with Crippen molar-refractivity contribution < 1.29 is 4.79 Å². The lowest BCUT2D eigenvalue weighted by Gasteiger charge is -2.13. The summed E-state index contributed by atoms with van der Waals surface area (Å²) in [5.41, 5.74) is 2.63. The molecule has 0 aliphatic rings. The van der Waals surface area contributed by atoms with E-state index in [4.69, 9.17) is 0 Å². The normalized spacial score (nSPS) is 11.1. The number of carbonyl (C=O) groups is 1. The van der Waals surface area contributed by atoms with Gasteiger partial charge in [-0.2, -0.15) is 0 Å². The molecule has 2 aromatic heterocycles. The van der Waals surface area contributed by atoms with Crippen LogP contribution in [-0.2, 0) is 11.3 Å². The first-order chi connectivity index (χ1) is 14.9. The summed E-state index contributed by atoms with van der Waals surface area (Å²) in [6.45, 7) is 3.64. The van der Waals surface area contributed by atoms with Gasteiger partial charge in [0, 0.05) is 10.6 Å². The lowest BCUT2D eigenvalue weighted by Crippen LogP contribution is -2.40. The topological polar surface area (TPSA) is 73.1 Å². The number of nitrogens with one attached hydrogen (secondary N) is 1. The second-order valence-corrected chi connectivity index (χ2v) is 9.07. The third-order valence-corrected chi connectivity index (χ3v) is 6.49. The Morgan fingerprint density at radius 3 is 2.52 bits per heavy atom. The number of hydrogen-bond acceptors (Lipinski definition) is 5. The Hall–Kier alpha value is -3.10. The molecule has 4 rings (SSSR count). The Balaban J connectivity index is 1.79. The van der Waals surface area contributed by atoms with Crippen LogP contribution in [0.25, 0.3) is 15.9 Å². The third kappa shape index (κ3) is 4.22. The molecule has 0 bridgehead atoms. The van der Waals surface area contributed by atoms with E-state index in [9.17, 15) is 14.4 Å². The maximum Gasteiger partial charge on any atom is 0.336 e. The van der Waals surface area contributed by atoms with E-state index >= 15 is 0 Å². The SMILES string of the molecule is CSc1cccc(NC(=O)Cn2c(=O)n(-c3cc(C)cc(C)c3)c(=O)c3sccc32)c1. The first-order valence-electron chi connectivity index (χ1n) is 9.63. The van der Waals surface area contributed by atoms with E-state index in [2.05, 4.69) is 5.32 Å². The summed E-state index contributed by atoms with van der Waals surface area (Å²) < 4.78 is 2.95. The van der Waals surface area contributed by atoms with Gasteiger partial charge in [0.2, 0.25) is 5.91 Å². The van der Waals surface area contributed by atoms with Gasteiger partial charge in [-0.25, -0.2) is 9.36 Å². The Bertz CT molecular complexity index is 1400. The molecule has 1 N–H and O–H groups in total. The zero-order valence-electron chi connectivity index (χ0n) is 17.3. The molecule has 0 saturated heterocycles. The van der Waals surface area contributed by atoms with Crippen LogP contribution >= 0.6 is 23.1 Å². The number of thioether (sulfide) groups is 1. The molecule has 0 aliphatic carbocycles. The Labute approximate surface area is 187 Å². The summed E-state index contributed by atoms with van der Waals surface area (Å²) in [5.74, 6) is -0.335. The van der Waals surface area contributed by atoms with Crippen molar-refractivity contribution in [2.24, 2.45) is 0 Å². The van der Waals surface area contributed by atoms with Gasteiger partial charge < -0.3 is 5.32 Å². The van der Waals surface area contributed by atoms with E-state index in [1.165, 1.54) is 15.9 Å². The second-order valence-electron chi connectivity index (χ2n) is 7.27. The predicted octanol–water partition coefficient (Wildman–Crippen LogP) is 4.19. The highest BCUT2D eigenvalue weighted by atomic mass is 32.2. The maximum absolute atomic E-state index is 13.4. The first-order valence-corrected chi connectivity index (χ1v) is 11.7. The smallest absolute Gasteiger partial charge is 0.324 e. The summed E-state index contributed by atoms with van der Waals surface area (Å²) in [4.78, 5) is 40.3. The van der Waals surface area contributed by atoms with Gasteiger partial charge >= 0.3 is 5.69 Å². The molecule has 8 heteroatoms. The molecular formula is C23H21N3O3S2. The summed E-state index contributed by atoms with van der Waals surface area (Å²) >= 11 is 2.84. The zero-order chi connectivity index (χ0) is 22.1.